The van der Waals surface area contributed by atoms with E-state index in [1.165, 1.54) is 11.3 Å². The van der Waals surface area contributed by atoms with Gasteiger partial charge in [-0.1, -0.05) is 12.1 Å². The lowest BCUT2D eigenvalue weighted by Crippen LogP contribution is -2.17. The minimum atomic E-state index is -0.0739. The number of benzene rings is 1. The number of ether oxygens (including phenoxy) is 1. The molecule has 1 aliphatic heterocycles. The van der Waals surface area contributed by atoms with Crippen LogP contribution in [0.4, 0.5) is 5.82 Å². The topological polar surface area (TPSA) is 69.0 Å². The molecule has 26 heavy (non-hydrogen) atoms. The number of carbonyl (C=O) groups is 1. The van der Waals surface area contributed by atoms with Gasteiger partial charge in [0.05, 0.1) is 24.9 Å². The number of rotatable bonds is 5. The molecule has 0 radical (unpaired) electrons. The molecule has 0 saturated heterocycles. The van der Waals surface area contributed by atoms with Crippen LogP contribution in [-0.4, -0.2) is 27.8 Å². The quantitative estimate of drug-likeness (QED) is 0.727. The summed E-state index contributed by atoms with van der Waals surface area (Å²) in [6.07, 6.45) is 0.244. The van der Waals surface area contributed by atoms with Crippen LogP contribution in [-0.2, 0) is 29.8 Å². The summed E-state index contributed by atoms with van der Waals surface area (Å²) < 4.78 is 7.01. The van der Waals surface area contributed by atoms with E-state index in [0.717, 1.165) is 50.6 Å². The summed E-state index contributed by atoms with van der Waals surface area (Å²) in [4.78, 5) is 17.1. The van der Waals surface area contributed by atoms with E-state index in [0.29, 0.717) is 0 Å². The molecular weight excluding hydrogens is 368 g/mol. The number of carbonyl (C=O) groups excluding carboxylic acids is 1. The number of fused-ring (bicyclic) bond motifs is 1. The zero-order chi connectivity index (χ0) is 18.1. The number of hydrogen-bond donors (Lipinski definition) is 1. The van der Waals surface area contributed by atoms with Gasteiger partial charge in [-0.3, -0.25) is 9.48 Å². The molecule has 3 heterocycles. The van der Waals surface area contributed by atoms with Crippen molar-refractivity contribution in [3.05, 3.63) is 46.6 Å². The van der Waals surface area contributed by atoms with Crippen molar-refractivity contribution in [1.29, 1.82) is 0 Å². The zero-order valence-electron chi connectivity index (χ0n) is 14.5. The highest BCUT2D eigenvalue weighted by molar-refractivity contribution is 7.98. The maximum absolute atomic E-state index is 12.5. The number of amides is 1. The molecule has 0 aliphatic carbocycles. The predicted molar refractivity (Wildman–Crippen MR) is 105 cm³/mol. The molecule has 8 heteroatoms. The fourth-order valence-corrected chi connectivity index (χ4v) is 4.77. The molecular formula is C18H18N4O2S2. The average molecular weight is 387 g/mol. The molecule has 1 aliphatic rings. The number of methoxy groups -OCH3 is 1. The number of nitrogens with zero attached hydrogens (tertiary/aromatic N) is 3. The van der Waals surface area contributed by atoms with Gasteiger partial charge >= 0.3 is 0 Å². The fourth-order valence-electron chi connectivity index (χ4n) is 2.91. The van der Waals surface area contributed by atoms with Gasteiger partial charge in [0.25, 0.3) is 0 Å². The van der Waals surface area contributed by atoms with Gasteiger partial charge in [0.2, 0.25) is 5.91 Å². The van der Waals surface area contributed by atoms with Crippen LogP contribution >= 0.6 is 23.1 Å². The molecule has 1 aromatic carbocycles. The molecule has 3 aromatic rings. The van der Waals surface area contributed by atoms with Crippen LogP contribution in [0, 0.1) is 0 Å². The van der Waals surface area contributed by atoms with Crippen LogP contribution in [0.2, 0.25) is 0 Å². The van der Waals surface area contributed by atoms with Crippen molar-refractivity contribution in [3.63, 3.8) is 0 Å². The van der Waals surface area contributed by atoms with Gasteiger partial charge in [-0.2, -0.15) is 16.9 Å². The molecule has 6 nitrogen and oxygen atoms in total. The van der Waals surface area contributed by atoms with Gasteiger partial charge in [-0.25, -0.2) is 4.98 Å². The van der Waals surface area contributed by atoms with Gasteiger partial charge in [0.15, 0.2) is 0 Å². The van der Waals surface area contributed by atoms with Crippen molar-refractivity contribution in [2.24, 2.45) is 7.05 Å². The Bertz CT molecular complexity index is 964. The second-order valence-electron chi connectivity index (χ2n) is 5.99. The van der Waals surface area contributed by atoms with Gasteiger partial charge in [-0.05, 0) is 12.1 Å². The van der Waals surface area contributed by atoms with E-state index in [9.17, 15) is 4.79 Å². The maximum Gasteiger partial charge on any atom is 0.231 e. The minimum Gasteiger partial charge on any atom is -0.497 e. The first-order chi connectivity index (χ1) is 12.6. The summed E-state index contributed by atoms with van der Waals surface area (Å²) in [5.41, 5.74) is 3.96. The molecule has 0 unspecified atom stereocenters. The Kier molecular flexibility index (Phi) is 4.69. The standard InChI is InChI=1S/C18H18N4O2S2/c1-22-17(14-9-25-10-15(14)21-22)20-16(23)7-12-8-26-18(19-12)11-4-3-5-13(6-11)24-2/h3-6,8H,7,9-10H2,1-2H3,(H,20,23). The lowest BCUT2D eigenvalue weighted by molar-refractivity contribution is -0.115. The van der Waals surface area contributed by atoms with Crippen molar-refractivity contribution in [2.45, 2.75) is 17.9 Å². The first kappa shape index (κ1) is 17.1. The van der Waals surface area contributed by atoms with Gasteiger partial charge in [-0.15, -0.1) is 11.3 Å². The highest BCUT2D eigenvalue weighted by Crippen LogP contribution is 2.34. The largest absolute Gasteiger partial charge is 0.497 e. The number of anilines is 1. The Morgan fingerprint density at radius 1 is 1.38 bits per heavy atom. The zero-order valence-corrected chi connectivity index (χ0v) is 16.1. The Morgan fingerprint density at radius 2 is 2.27 bits per heavy atom. The minimum absolute atomic E-state index is 0.0739. The number of aryl methyl sites for hydroxylation is 1. The number of hydrogen-bond acceptors (Lipinski definition) is 6. The summed E-state index contributed by atoms with van der Waals surface area (Å²) in [7, 11) is 3.51. The second kappa shape index (κ2) is 7.13. The number of thiazole rings is 1. The SMILES string of the molecule is COc1cccc(-c2nc(CC(=O)Nc3c4c(nn3C)CSC4)cs2)c1. The average Bonchev–Trinajstić information content (AvgIpc) is 3.34. The lowest BCUT2D eigenvalue weighted by atomic mass is 10.2. The van der Waals surface area contributed by atoms with Crippen molar-refractivity contribution in [3.8, 4) is 16.3 Å². The van der Waals surface area contributed by atoms with E-state index in [-0.39, 0.29) is 12.3 Å². The molecule has 0 bridgehead atoms. The van der Waals surface area contributed by atoms with E-state index in [1.807, 2.05) is 48.5 Å². The van der Waals surface area contributed by atoms with E-state index < -0.39 is 0 Å². The number of aromatic nitrogens is 3. The van der Waals surface area contributed by atoms with E-state index in [1.54, 1.807) is 11.8 Å². The number of nitrogens with one attached hydrogen (secondary N) is 1. The first-order valence-electron chi connectivity index (χ1n) is 8.15. The first-order valence-corrected chi connectivity index (χ1v) is 10.2. The normalized spacial score (nSPS) is 12.8. The van der Waals surface area contributed by atoms with Crippen LogP contribution in [0.5, 0.6) is 5.75 Å². The lowest BCUT2D eigenvalue weighted by Gasteiger charge is -2.06. The van der Waals surface area contributed by atoms with Crippen molar-refractivity contribution in [1.82, 2.24) is 14.8 Å². The van der Waals surface area contributed by atoms with Crippen LogP contribution in [0.25, 0.3) is 10.6 Å². The summed E-state index contributed by atoms with van der Waals surface area (Å²) in [5, 5.41) is 10.3. The van der Waals surface area contributed by atoms with Crippen LogP contribution in [0.1, 0.15) is 17.0 Å². The maximum atomic E-state index is 12.5. The summed E-state index contributed by atoms with van der Waals surface area (Å²) in [6.45, 7) is 0. The molecule has 1 amide bonds. The fraction of sp³-hybridized carbons (Fsp3) is 0.278. The Morgan fingerprint density at radius 3 is 3.12 bits per heavy atom. The summed E-state index contributed by atoms with van der Waals surface area (Å²) in [6, 6.07) is 7.76. The Labute approximate surface area is 159 Å². The van der Waals surface area contributed by atoms with Gasteiger partial charge < -0.3 is 10.1 Å². The number of thioether (sulfide) groups is 1. The third kappa shape index (κ3) is 3.34. The highest BCUT2D eigenvalue weighted by atomic mass is 32.2. The van der Waals surface area contributed by atoms with Crippen LogP contribution in [0.3, 0.4) is 0 Å². The molecule has 2 aromatic heterocycles. The van der Waals surface area contributed by atoms with E-state index in [4.69, 9.17) is 4.74 Å². The molecule has 0 fully saturated rings. The highest BCUT2D eigenvalue weighted by Gasteiger charge is 2.22. The smallest absolute Gasteiger partial charge is 0.231 e. The molecule has 4 rings (SSSR count). The van der Waals surface area contributed by atoms with Crippen molar-refractivity contribution in [2.75, 3.05) is 12.4 Å². The summed E-state index contributed by atoms with van der Waals surface area (Å²) in [5.74, 6) is 3.33. The molecule has 134 valence electrons. The third-order valence-corrected chi connectivity index (χ3v) is 6.09. The second-order valence-corrected chi connectivity index (χ2v) is 7.83. The van der Waals surface area contributed by atoms with Crippen LogP contribution < -0.4 is 10.1 Å². The molecule has 0 spiro atoms. The van der Waals surface area contributed by atoms with Gasteiger partial charge in [0, 0.05) is 35.1 Å². The third-order valence-electron chi connectivity index (χ3n) is 4.18. The molecule has 1 N–H and O–H groups in total. The van der Waals surface area contributed by atoms with E-state index >= 15 is 0 Å². The summed E-state index contributed by atoms with van der Waals surface area (Å²) >= 11 is 3.35. The van der Waals surface area contributed by atoms with Crippen molar-refractivity contribution < 1.29 is 9.53 Å². The molecule has 0 saturated carbocycles. The Hall–Kier alpha value is -2.32. The van der Waals surface area contributed by atoms with Crippen LogP contribution in [0.15, 0.2) is 29.6 Å². The Balaban J connectivity index is 1.46. The van der Waals surface area contributed by atoms with Gasteiger partial charge in [0.1, 0.15) is 16.6 Å². The molecule has 0 atom stereocenters. The monoisotopic (exact) mass is 386 g/mol. The predicted octanol–water partition coefficient (Wildman–Crippen LogP) is 3.48. The van der Waals surface area contributed by atoms with Crippen molar-refractivity contribution >= 4 is 34.8 Å². The van der Waals surface area contributed by atoms with E-state index in [2.05, 4.69) is 15.4 Å².